The number of benzene rings is 1. The minimum atomic E-state index is 0.674. The van der Waals surface area contributed by atoms with E-state index in [1.165, 1.54) is 11.3 Å². The van der Waals surface area contributed by atoms with Crippen molar-refractivity contribution in [1.82, 2.24) is 15.5 Å². The number of methoxy groups -OCH3 is 3. The summed E-state index contributed by atoms with van der Waals surface area (Å²) in [6, 6.07) is 5.72. The maximum absolute atomic E-state index is 5.43. The van der Waals surface area contributed by atoms with Gasteiger partial charge in [0.25, 0.3) is 0 Å². The molecular weight excluding hydrogens is 290 g/mol. The molecular formula is C14H19N3O3S. The monoisotopic (exact) mass is 309 g/mol. The highest BCUT2D eigenvalue weighted by molar-refractivity contribution is 7.14. The van der Waals surface area contributed by atoms with Gasteiger partial charge in [-0.05, 0) is 12.1 Å². The predicted octanol–water partition coefficient (Wildman–Crippen LogP) is 1.96. The van der Waals surface area contributed by atoms with Gasteiger partial charge in [-0.1, -0.05) is 17.4 Å². The summed E-state index contributed by atoms with van der Waals surface area (Å²) in [7, 11) is 4.92. The predicted molar refractivity (Wildman–Crippen MR) is 82.0 cm³/mol. The molecule has 0 fully saturated rings. The molecule has 1 N–H and O–H groups in total. The molecule has 0 spiro atoms. The SMILES string of the molecule is COCCNCc1nnc(-c2cccc(OC)c2OC)s1. The average Bonchev–Trinajstić information content (AvgIpc) is 2.99. The lowest BCUT2D eigenvalue weighted by Crippen LogP contribution is -2.18. The third-order valence-corrected chi connectivity index (χ3v) is 3.82. The van der Waals surface area contributed by atoms with Gasteiger partial charge in [-0.2, -0.15) is 0 Å². The third kappa shape index (κ3) is 3.90. The lowest BCUT2D eigenvalue weighted by molar-refractivity contribution is 0.199. The molecule has 0 unspecified atom stereocenters. The molecule has 0 bridgehead atoms. The Morgan fingerprint density at radius 1 is 1.14 bits per heavy atom. The molecule has 7 heteroatoms. The van der Waals surface area contributed by atoms with Crippen molar-refractivity contribution in [1.29, 1.82) is 0 Å². The highest BCUT2D eigenvalue weighted by Gasteiger charge is 2.15. The quantitative estimate of drug-likeness (QED) is 0.752. The standard InChI is InChI=1S/C14H19N3O3S/c1-18-8-7-15-9-12-16-17-14(21-12)10-5-4-6-11(19-2)13(10)20-3/h4-6,15H,7-9H2,1-3H3. The highest BCUT2D eigenvalue weighted by atomic mass is 32.1. The van der Waals surface area contributed by atoms with Gasteiger partial charge in [-0.15, -0.1) is 10.2 Å². The van der Waals surface area contributed by atoms with E-state index in [1.807, 2.05) is 18.2 Å². The van der Waals surface area contributed by atoms with Crippen LogP contribution in [0.25, 0.3) is 10.6 Å². The van der Waals surface area contributed by atoms with E-state index in [9.17, 15) is 0 Å². The Hall–Kier alpha value is -1.70. The van der Waals surface area contributed by atoms with Gasteiger partial charge in [-0.25, -0.2) is 0 Å². The number of nitrogens with one attached hydrogen (secondary N) is 1. The minimum Gasteiger partial charge on any atom is -0.493 e. The number of para-hydroxylation sites is 1. The molecule has 0 aliphatic rings. The zero-order chi connectivity index (χ0) is 15.1. The van der Waals surface area contributed by atoms with Crippen molar-refractivity contribution in [2.24, 2.45) is 0 Å². The molecule has 0 atom stereocenters. The Balaban J connectivity index is 2.14. The van der Waals surface area contributed by atoms with Crippen molar-refractivity contribution in [3.63, 3.8) is 0 Å². The van der Waals surface area contributed by atoms with Crippen molar-refractivity contribution >= 4 is 11.3 Å². The Morgan fingerprint density at radius 2 is 2.00 bits per heavy atom. The molecule has 1 aromatic carbocycles. The van der Waals surface area contributed by atoms with Crippen LogP contribution in [-0.2, 0) is 11.3 Å². The summed E-state index contributed by atoms with van der Waals surface area (Å²) in [6.07, 6.45) is 0. The molecule has 114 valence electrons. The fourth-order valence-corrected chi connectivity index (χ4v) is 2.69. The van der Waals surface area contributed by atoms with Gasteiger partial charge in [0.2, 0.25) is 0 Å². The Kier molecular flexibility index (Phi) is 5.91. The van der Waals surface area contributed by atoms with Crippen LogP contribution in [0.4, 0.5) is 0 Å². The summed E-state index contributed by atoms with van der Waals surface area (Å²) in [5.74, 6) is 1.36. The molecule has 0 aliphatic carbocycles. The smallest absolute Gasteiger partial charge is 0.171 e. The van der Waals surface area contributed by atoms with E-state index in [0.717, 1.165) is 22.1 Å². The van der Waals surface area contributed by atoms with Gasteiger partial charge in [0.15, 0.2) is 16.5 Å². The molecule has 2 rings (SSSR count). The first kappa shape index (κ1) is 15.7. The number of hydrogen-bond donors (Lipinski definition) is 1. The first-order valence-corrected chi connectivity index (χ1v) is 7.35. The second kappa shape index (κ2) is 7.92. The minimum absolute atomic E-state index is 0.674. The second-order valence-corrected chi connectivity index (χ2v) is 5.27. The first-order chi connectivity index (χ1) is 10.3. The van der Waals surface area contributed by atoms with Crippen LogP contribution in [0, 0.1) is 0 Å². The van der Waals surface area contributed by atoms with E-state index in [0.29, 0.717) is 24.7 Å². The molecule has 0 radical (unpaired) electrons. The van der Waals surface area contributed by atoms with Crippen molar-refractivity contribution < 1.29 is 14.2 Å². The molecule has 0 aliphatic heterocycles. The van der Waals surface area contributed by atoms with E-state index in [1.54, 1.807) is 21.3 Å². The van der Waals surface area contributed by atoms with Gasteiger partial charge >= 0.3 is 0 Å². The van der Waals surface area contributed by atoms with E-state index >= 15 is 0 Å². The van der Waals surface area contributed by atoms with Crippen molar-refractivity contribution in [2.45, 2.75) is 6.54 Å². The van der Waals surface area contributed by atoms with Crippen LogP contribution < -0.4 is 14.8 Å². The fraction of sp³-hybridized carbons (Fsp3) is 0.429. The maximum atomic E-state index is 5.43. The molecule has 2 aromatic rings. The van der Waals surface area contributed by atoms with Gasteiger partial charge < -0.3 is 19.5 Å². The van der Waals surface area contributed by atoms with Gasteiger partial charge in [0, 0.05) is 20.2 Å². The number of nitrogens with zero attached hydrogens (tertiary/aromatic N) is 2. The first-order valence-electron chi connectivity index (χ1n) is 6.53. The third-order valence-electron chi connectivity index (χ3n) is 2.86. The van der Waals surface area contributed by atoms with E-state index in [2.05, 4.69) is 15.5 Å². The molecule has 0 saturated heterocycles. The van der Waals surface area contributed by atoms with Crippen LogP contribution in [0.2, 0.25) is 0 Å². The van der Waals surface area contributed by atoms with Crippen LogP contribution in [0.1, 0.15) is 5.01 Å². The summed E-state index contributed by atoms with van der Waals surface area (Å²) >= 11 is 1.53. The van der Waals surface area contributed by atoms with Crippen molar-refractivity contribution in [3.8, 4) is 22.1 Å². The Labute approximate surface area is 128 Å². The average molecular weight is 309 g/mol. The van der Waals surface area contributed by atoms with E-state index in [4.69, 9.17) is 14.2 Å². The number of hydrogen-bond acceptors (Lipinski definition) is 7. The molecule has 1 heterocycles. The van der Waals surface area contributed by atoms with Gasteiger partial charge in [0.05, 0.1) is 26.4 Å². The van der Waals surface area contributed by atoms with E-state index in [-0.39, 0.29) is 0 Å². The summed E-state index contributed by atoms with van der Waals surface area (Å²) < 4.78 is 15.7. The molecule has 0 amide bonds. The molecule has 6 nitrogen and oxygen atoms in total. The molecule has 1 aromatic heterocycles. The molecule has 21 heavy (non-hydrogen) atoms. The topological polar surface area (TPSA) is 65.5 Å². The maximum Gasteiger partial charge on any atom is 0.171 e. The number of rotatable bonds is 8. The van der Waals surface area contributed by atoms with Crippen molar-refractivity contribution in [2.75, 3.05) is 34.5 Å². The molecule has 0 saturated carbocycles. The van der Waals surface area contributed by atoms with Crippen LogP contribution >= 0.6 is 11.3 Å². The largest absolute Gasteiger partial charge is 0.493 e. The van der Waals surface area contributed by atoms with Crippen molar-refractivity contribution in [3.05, 3.63) is 23.2 Å². The Morgan fingerprint density at radius 3 is 2.71 bits per heavy atom. The van der Waals surface area contributed by atoms with Crippen LogP contribution in [-0.4, -0.2) is 44.7 Å². The Bertz CT molecular complexity index is 574. The lowest BCUT2D eigenvalue weighted by atomic mass is 10.2. The van der Waals surface area contributed by atoms with Crippen LogP contribution in [0.5, 0.6) is 11.5 Å². The van der Waals surface area contributed by atoms with E-state index < -0.39 is 0 Å². The summed E-state index contributed by atoms with van der Waals surface area (Å²) in [5, 5.41) is 13.4. The second-order valence-electron chi connectivity index (χ2n) is 4.21. The summed E-state index contributed by atoms with van der Waals surface area (Å²) in [5.41, 5.74) is 0.887. The zero-order valence-corrected chi connectivity index (χ0v) is 13.2. The van der Waals surface area contributed by atoms with Crippen LogP contribution in [0.15, 0.2) is 18.2 Å². The number of aromatic nitrogens is 2. The lowest BCUT2D eigenvalue weighted by Gasteiger charge is -2.10. The zero-order valence-electron chi connectivity index (χ0n) is 12.4. The fourth-order valence-electron chi connectivity index (χ4n) is 1.86. The summed E-state index contributed by atoms with van der Waals surface area (Å²) in [4.78, 5) is 0. The normalized spacial score (nSPS) is 10.6. The number of ether oxygens (including phenoxy) is 3. The van der Waals surface area contributed by atoms with Crippen LogP contribution in [0.3, 0.4) is 0 Å². The van der Waals surface area contributed by atoms with Gasteiger partial charge in [-0.3, -0.25) is 0 Å². The van der Waals surface area contributed by atoms with Gasteiger partial charge in [0.1, 0.15) is 5.01 Å². The summed E-state index contributed by atoms with van der Waals surface area (Å²) in [6.45, 7) is 2.14. The highest BCUT2D eigenvalue weighted by Crippen LogP contribution is 2.38.